The molecule has 2 N–H and O–H groups in total. The Bertz CT molecular complexity index is 515. The highest BCUT2D eigenvalue weighted by atomic mass is 32.1. The molecule has 0 radical (unpaired) electrons. The molecule has 0 aromatic carbocycles. The third-order valence-corrected chi connectivity index (χ3v) is 4.78. The van der Waals surface area contributed by atoms with E-state index in [4.69, 9.17) is 5.73 Å². The van der Waals surface area contributed by atoms with Crippen molar-refractivity contribution in [1.82, 2.24) is 20.1 Å². The van der Waals surface area contributed by atoms with Gasteiger partial charge in [-0.05, 0) is 20.0 Å². The number of aromatic nitrogens is 3. The molecule has 0 bridgehead atoms. The highest BCUT2D eigenvalue weighted by Gasteiger charge is 2.14. The second-order valence-corrected chi connectivity index (χ2v) is 6.02. The summed E-state index contributed by atoms with van der Waals surface area (Å²) in [5.74, 6) is 0. The average Bonchev–Trinajstić information content (AvgIpc) is 2.92. The van der Waals surface area contributed by atoms with Gasteiger partial charge < -0.3 is 5.73 Å². The van der Waals surface area contributed by atoms with Gasteiger partial charge in [0.25, 0.3) is 0 Å². The van der Waals surface area contributed by atoms with Crippen LogP contribution in [0.3, 0.4) is 0 Å². The molecule has 0 aliphatic heterocycles. The molecule has 5 nitrogen and oxygen atoms in total. The van der Waals surface area contributed by atoms with Gasteiger partial charge in [0.05, 0.1) is 17.1 Å². The van der Waals surface area contributed by atoms with Gasteiger partial charge in [0.1, 0.15) is 5.01 Å². The van der Waals surface area contributed by atoms with Crippen LogP contribution in [0.5, 0.6) is 0 Å². The Labute approximate surface area is 115 Å². The van der Waals surface area contributed by atoms with Gasteiger partial charge in [0.15, 0.2) is 5.01 Å². The molecule has 98 valence electrons. The fourth-order valence-electron chi connectivity index (χ4n) is 1.68. The van der Waals surface area contributed by atoms with E-state index in [-0.39, 0.29) is 0 Å². The second kappa shape index (κ2) is 5.73. The van der Waals surface area contributed by atoms with Crippen molar-refractivity contribution in [3.05, 3.63) is 10.7 Å². The standard InChI is InChI=1S/C11H17N5S2/c1-4-16(5-2)6-8-13-7(3)9(17-8)10-14-15-11(12)18-10/h4-6H2,1-3H3,(H2,12,15). The van der Waals surface area contributed by atoms with E-state index in [0.717, 1.165) is 40.2 Å². The Balaban J connectivity index is 2.21. The van der Waals surface area contributed by atoms with Gasteiger partial charge in [0.2, 0.25) is 5.13 Å². The first kappa shape index (κ1) is 13.4. The maximum absolute atomic E-state index is 5.62. The summed E-state index contributed by atoms with van der Waals surface area (Å²) in [5.41, 5.74) is 6.63. The van der Waals surface area contributed by atoms with Crippen LogP contribution >= 0.6 is 22.7 Å². The number of nitrogens with two attached hydrogens (primary N) is 1. The molecule has 2 aromatic rings. The van der Waals surface area contributed by atoms with Crippen molar-refractivity contribution in [3.63, 3.8) is 0 Å². The van der Waals surface area contributed by atoms with Crippen LogP contribution in [-0.2, 0) is 6.54 Å². The summed E-state index contributed by atoms with van der Waals surface area (Å²) in [7, 11) is 0. The molecule has 0 unspecified atom stereocenters. The number of nitrogen functional groups attached to an aromatic ring is 1. The molecule has 0 spiro atoms. The Hall–Kier alpha value is -1.05. The van der Waals surface area contributed by atoms with Gasteiger partial charge in [-0.15, -0.1) is 21.5 Å². The maximum Gasteiger partial charge on any atom is 0.203 e. The molecular formula is C11H17N5S2. The number of rotatable bonds is 5. The molecule has 0 aliphatic rings. The molecule has 2 rings (SSSR count). The fraction of sp³-hybridized carbons (Fsp3) is 0.545. The summed E-state index contributed by atoms with van der Waals surface area (Å²) in [6.45, 7) is 9.31. The lowest BCUT2D eigenvalue weighted by atomic mass is 10.4. The SMILES string of the molecule is CCN(CC)Cc1nc(C)c(-c2nnc(N)s2)s1. The maximum atomic E-state index is 5.62. The van der Waals surface area contributed by atoms with Crippen molar-refractivity contribution >= 4 is 27.8 Å². The van der Waals surface area contributed by atoms with Gasteiger partial charge in [-0.3, -0.25) is 4.90 Å². The van der Waals surface area contributed by atoms with Gasteiger partial charge in [0, 0.05) is 0 Å². The van der Waals surface area contributed by atoms with Crippen molar-refractivity contribution in [2.45, 2.75) is 27.3 Å². The molecule has 2 aromatic heterocycles. The predicted octanol–water partition coefficient (Wildman–Crippen LogP) is 2.39. The zero-order valence-corrected chi connectivity index (χ0v) is 12.4. The van der Waals surface area contributed by atoms with Crippen LogP contribution in [0.4, 0.5) is 5.13 Å². The Morgan fingerprint density at radius 2 is 1.89 bits per heavy atom. The minimum Gasteiger partial charge on any atom is -0.374 e. The van der Waals surface area contributed by atoms with Gasteiger partial charge >= 0.3 is 0 Å². The van der Waals surface area contributed by atoms with Crippen LogP contribution in [0.25, 0.3) is 9.88 Å². The number of thiazole rings is 1. The summed E-state index contributed by atoms with van der Waals surface area (Å²) < 4.78 is 0. The van der Waals surface area contributed by atoms with Crippen molar-refractivity contribution in [2.24, 2.45) is 0 Å². The van der Waals surface area contributed by atoms with E-state index in [1.807, 2.05) is 6.92 Å². The largest absolute Gasteiger partial charge is 0.374 e. The molecule has 0 fully saturated rings. The lowest BCUT2D eigenvalue weighted by Gasteiger charge is -2.15. The molecule has 0 saturated carbocycles. The topological polar surface area (TPSA) is 67.9 Å². The number of nitrogens with zero attached hydrogens (tertiary/aromatic N) is 4. The molecule has 0 amide bonds. The smallest absolute Gasteiger partial charge is 0.203 e. The number of hydrogen-bond donors (Lipinski definition) is 1. The minimum atomic E-state index is 0.503. The van der Waals surface area contributed by atoms with Crippen molar-refractivity contribution in [1.29, 1.82) is 0 Å². The zero-order valence-electron chi connectivity index (χ0n) is 10.8. The minimum absolute atomic E-state index is 0.503. The van der Waals surface area contributed by atoms with Crippen LogP contribution in [0.2, 0.25) is 0 Å². The molecule has 0 aliphatic carbocycles. The zero-order chi connectivity index (χ0) is 13.1. The van der Waals surface area contributed by atoms with E-state index in [0.29, 0.717) is 5.13 Å². The molecule has 2 heterocycles. The monoisotopic (exact) mass is 283 g/mol. The first-order chi connectivity index (χ1) is 8.63. The number of anilines is 1. The third kappa shape index (κ3) is 2.85. The van der Waals surface area contributed by atoms with Crippen molar-refractivity contribution in [3.8, 4) is 9.88 Å². The van der Waals surface area contributed by atoms with Crippen LogP contribution in [-0.4, -0.2) is 33.2 Å². The highest BCUT2D eigenvalue weighted by molar-refractivity contribution is 7.23. The summed E-state index contributed by atoms with van der Waals surface area (Å²) in [6.07, 6.45) is 0. The summed E-state index contributed by atoms with van der Waals surface area (Å²) in [6, 6.07) is 0. The van der Waals surface area contributed by atoms with E-state index in [9.17, 15) is 0 Å². The fourth-order valence-corrected chi connectivity index (χ4v) is 3.52. The first-order valence-corrected chi connectivity index (χ1v) is 7.55. The van der Waals surface area contributed by atoms with Crippen molar-refractivity contribution in [2.75, 3.05) is 18.8 Å². The predicted molar refractivity (Wildman–Crippen MR) is 76.8 cm³/mol. The molecular weight excluding hydrogens is 266 g/mol. The third-order valence-electron chi connectivity index (χ3n) is 2.73. The van der Waals surface area contributed by atoms with E-state index >= 15 is 0 Å². The Morgan fingerprint density at radius 3 is 2.44 bits per heavy atom. The summed E-state index contributed by atoms with van der Waals surface area (Å²) >= 11 is 3.10. The second-order valence-electron chi connectivity index (χ2n) is 3.93. The molecule has 7 heteroatoms. The van der Waals surface area contributed by atoms with E-state index in [2.05, 4.69) is 33.9 Å². The Kier molecular flexibility index (Phi) is 4.26. The van der Waals surface area contributed by atoms with E-state index in [1.54, 1.807) is 11.3 Å². The lowest BCUT2D eigenvalue weighted by molar-refractivity contribution is 0.295. The van der Waals surface area contributed by atoms with Crippen LogP contribution in [0.15, 0.2) is 0 Å². The average molecular weight is 283 g/mol. The van der Waals surface area contributed by atoms with Crippen molar-refractivity contribution < 1.29 is 0 Å². The first-order valence-electron chi connectivity index (χ1n) is 5.92. The van der Waals surface area contributed by atoms with E-state index < -0.39 is 0 Å². The van der Waals surface area contributed by atoms with Crippen LogP contribution < -0.4 is 5.73 Å². The summed E-state index contributed by atoms with van der Waals surface area (Å²) in [4.78, 5) is 8.04. The number of aryl methyl sites for hydroxylation is 1. The van der Waals surface area contributed by atoms with Crippen LogP contribution in [0, 0.1) is 6.92 Å². The number of hydrogen-bond acceptors (Lipinski definition) is 7. The molecule has 0 atom stereocenters. The summed E-state index contributed by atoms with van der Waals surface area (Å²) in [5, 5.41) is 10.4. The van der Waals surface area contributed by atoms with Gasteiger partial charge in [-0.2, -0.15) is 0 Å². The lowest BCUT2D eigenvalue weighted by Crippen LogP contribution is -2.21. The van der Waals surface area contributed by atoms with Gasteiger partial charge in [-0.25, -0.2) is 4.98 Å². The Morgan fingerprint density at radius 1 is 1.17 bits per heavy atom. The molecule has 18 heavy (non-hydrogen) atoms. The van der Waals surface area contributed by atoms with E-state index in [1.165, 1.54) is 11.3 Å². The quantitative estimate of drug-likeness (QED) is 0.912. The highest BCUT2D eigenvalue weighted by Crippen LogP contribution is 2.33. The van der Waals surface area contributed by atoms with Crippen LogP contribution in [0.1, 0.15) is 24.5 Å². The molecule has 0 saturated heterocycles. The van der Waals surface area contributed by atoms with Gasteiger partial charge in [-0.1, -0.05) is 25.2 Å². The normalized spacial score (nSPS) is 11.3.